The van der Waals surface area contributed by atoms with Crippen molar-refractivity contribution in [3.63, 3.8) is 0 Å². The van der Waals surface area contributed by atoms with E-state index in [-0.39, 0.29) is 17.3 Å². The molecule has 0 aliphatic carbocycles. The van der Waals surface area contributed by atoms with E-state index in [0.29, 0.717) is 50.6 Å². The van der Waals surface area contributed by atoms with Gasteiger partial charge in [-0.2, -0.15) is 17.5 Å². The number of hydrogen-bond acceptors (Lipinski definition) is 5. The smallest absolute Gasteiger partial charge is 0.369 e. The van der Waals surface area contributed by atoms with Crippen molar-refractivity contribution in [2.45, 2.75) is 24.9 Å². The Morgan fingerprint density at radius 2 is 1.62 bits per heavy atom. The largest absolute Gasteiger partial charge is 0.416 e. The predicted molar refractivity (Wildman–Crippen MR) is 125 cm³/mol. The van der Waals surface area contributed by atoms with Crippen molar-refractivity contribution in [1.82, 2.24) is 9.21 Å². The molecule has 1 fully saturated rings. The number of anilines is 2. The van der Waals surface area contributed by atoms with Crippen LogP contribution >= 0.6 is 0 Å². The SMILES string of the molecule is CCN(CC)S(=O)(=O)c1ccc(NC(=O)CN2CCN(c3cccc(C(F)(F)F)c3)CC2)cc1. The maximum absolute atomic E-state index is 13.0. The topological polar surface area (TPSA) is 73.0 Å². The van der Waals surface area contributed by atoms with Crippen LogP contribution in [0.4, 0.5) is 24.5 Å². The molecule has 0 unspecified atom stereocenters. The molecule has 0 bridgehead atoms. The van der Waals surface area contributed by atoms with Crippen LogP contribution in [-0.2, 0) is 21.0 Å². The van der Waals surface area contributed by atoms with Crippen LogP contribution in [0, 0.1) is 0 Å². The van der Waals surface area contributed by atoms with Crippen LogP contribution in [-0.4, -0.2) is 69.3 Å². The maximum atomic E-state index is 13.0. The van der Waals surface area contributed by atoms with Crippen LogP contribution in [0.3, 0.4) is 0 Å². The van der Waals surface area contributed by atoms with Crippen molar-refractivity contribution in [3.05, 3.63) is 54.1 Å². The molecule has 3 rings (SSSR count). The molecule has 0 spiro atoms. The fourth-order valence-electron chi connectivity index (χ4n) is 3.87. The molecule has 1 saturated heterocycles. The molecule has 186 valence electrons. The molecule has 2 aromatic rings. The molecule has 11 heteroatoms. The van der Waals surface area contributed by atoms with Crippen LogP contribution in [0.25, 0.3) is 0 Å². The molecular formula is C23H29F3N4O3S. The van der Waals surface area contributed by atoms with E-state index in [9.17, 15) is 26.4 Å². The fourth-order valence-corrected chi connectivity index (χ4v) is 5.33. The molecule has 34 heavy (non-hydrogen) atoms. The Labute approximate surface area is 198 Å². The Bertz CT molecular complexity index is 1080. The third-order valence-electron chi connectivity index (χ3n) is 5.76. The number of sulfonamides is 1. The van der Waals surface area contributed by atoms with Crippen molar-refractivity contribution < 1.29 is 26.4 Å². The molecule has 0 aromatic heterocycles. The zero-order valence-electron chi connectivity index (χ0n) is 19.2. The van der Waals surface area contributed by atoms with Gasteiger partial charge in [-0.05, 0) is 42.5 Å². The lowest BCUT2D eigenvalue weighted by molar-refractivity contribution is -0.137. The lowest BCUT2D eigenvalue weighted by Crippen LogP contribution is -2.48. The Kier molecular flexibility index (Phi) is 8.21. The second-order valence-corrected chi connectivity index (χ2v) is 9.91. The standard InChI is InChI=1S/C23H29F3N4O3S/c1-3-30(4-2)34(32,33)21-10-8-19(9-11-21)27-22(31)17-28-12-14-29(15-13-28)20-7-5-6-18(16-20)23(24,25)26/h5-11,16H,3-4,12-15,17H2,1-2H3,(H,27,31). The molecule has 0 atom stereocenters. The fraction of sp³-hybridized carbons (Fsp3) is 0.435. The molecule has 0 saturated carbocycles. The summed E-state index contributed by atoms with van der Waals surface area (Å²) in [7, 11) is -3.56. The van der Waals surface area contributed by atoms with Gasteiger partial charge in [-0.15, -0.1) is 0 Å². The van der Waals surface area contributed by atoms with Gasteiger partial charge in [-0.25, -0.2) is 8.42 Å². The zero-order chi connectivity index (χ0) is 24.9. The summed E-state index contributed by atoms with van der Waals surface area (Å²) in [5.41, 5.74) is 0.326. The molecular weight excluding hydrogens is 469 g/mol. The Morgan fingerprint density at radius 3 is 2.18 bits per heavy atom. The third kappa shape index (κ3) is 6.28. The van der Waals surface area contributed by atoms with Crippen molar-refractivity contribution in [3.8, 4) is 0 Å². The minimum absolute atomic E-state index is 0.135. The van der Waals surface area contributed by atoms with Crippen LogP contribution in [0.2, 0.25) is 0 Å². The van der Waals surface area contributed by atoms with E-state index < -0.39 is 21.8 Å². The van der Waals surface area contributed by atoms with Gasteiger partial charge in [0.15, 0.2) is 0 Å². The lowest BCUT2D eigenvalue weighted by Gasteiger charge is -2.36. The number of rotatable bonds is 8. The highest BCUT2D eigenvalue weighted by atomic mass is 32.2. The van der Waals surface area contributed by atoms with Gasteiger partial charge in [0.25, 0.3) is 0 Å². The van der Waals surface area contributed by atoms with Gasteiger partial charge < -0.3 is 10.2 Å². The monoisotopic (exact) mass is 498 g/mol. The van der Waals surface area contributed by atoms with Gasteiger partial charge in [0, 0.05) is 50.6 Å². The summed E-state index contributed by atoms with van der Waals surface area (Å²) in [6, 6.07) is 11.3. The van der Waals surface area contributed by atoms with E-state index in [0.717, 1.165) is 12.1 Å². The summed E-state index contributed by atoms with van der Waals surface area (Å²) in [6.07, 6.45) is -4.39. The first kappa shape index (κ1) is 26.0. The average Bonchev–Trinajstić information content (AvgIpc) is 2.80. The van der Waals surface area contributed by atoms with Crippen LogP contribution in [0.5, 0.6) is 0 Å². The lowest BCUT2D eigenvalue weighted by atomic mass is 10.1. The predicted octanol–water partition coefficient (Wildman–Crippen LogP) is 3.50. The second-order valence-electron chi connectivity index (χ2n) is 7.97. The molecule has 1 N–H and O–H groups in total. The number of halogens is 3. The van der Waals surface area contributed by atoms with E-state index in [1.807, 2.05) is 9.80 Å². The molecule has 7 nitrogen and oxygen atoms in total. The number of piperazine rings is 1. The normalized spacial score (nSPS) is 15.5. The van der Waals surface area contributed by atoms with Crippen molar-refractivity contribution in [1.29, 1.82) is 0 Å². The minimum atomic E-state index is -4.39. The first-order valence-corrected chi connectivity index (χ1v) is 12.5. The number of hydrogen-bond donors (Lipinski definition) is 1. The maximum Gasteiger partial charge on any atom is 0.416 e. The van der Waals surface area contributed by atoms with Gasteiger partial charge in [0.1, 0.15) is 0 Å². The molecule has 2 aromatic carbocycles. The van der Waals surface area contributed by atoms with Gasteiger partial charge in [0.2, 0.25) is 15.9 Å². The van der Waals surface area contributed by atoms with E-state index >= 15 is 0 Å². The number of amides is 1. The molecule has 1 aliphatic heterocycles. The van der Waals surface area contributed by atoms with Crippen molar-refractivity contribution in [2.24, 2.45) is 0 Å². The molecule has 1 aliphatic rings. The van der Waals surface area contributed by atoms with E-state index in [1.54, 1.807) is 32.0 Å². The molecule has 0 radical (unpaired) electrons. The number of nitrogens with zero attached hydrogens (tertiary/aromatic N) is 3. The number of alkyl halides is 3. The summed E-state index contributed by atoms with van der Waals surface area (Å²) in [6.45, 7) is 6.51. The van der Waals surface area contributed by atoms with Gasteiger partial charge in [-0.3, -0.25) is 9.69 Å². The van der Waals surface area contributed by atoms with Crippen molar-refractivity contribution >= 4 is 27.3 Å². The van der Waals surface area contributed by atoms with Crippen LogP contribution in [0.15, 0.2) is 53.4 Å². The number of benzene rings is 2. The molecule has 1 heterocycles. The highest BCUT2D eigenvalue weighted by Crippen LogP contribution is 2.31. The summed E-state index contributed by atoms with van der Waals surface area (Å²) in [4.78, 5) is 16.4. The molecule has 1 amide bonds. The van der Waals surface area contributed by atoms with Gasteiger partial charge >= 0.3 is 6.18 Å². The number of carbonyl (C=O) groups excluding carboxylic acids is 1. The van der Waals surface area contributed by atoms with Gasteiger partial charge in [-0.1, -0.05) is 19.9 Å². The summed E-state index contributed by atoms with van der Waals surface area (Å²) in [5.74, 6) is -0.244. The third-order valence-corrected chi connectivity index (χ3v) is 7.82. The zero-order valence-corrected chi connectivity index (χ0v) is 20.0. The minimum Gasteiger partial charge on any atom is -0.369 e. The quantitative estimate of drug-likeness (QED) is 0.603. The van der Waals surface area contributed by atoms with Crippen LogP contribution in [0.1, 0.15) is 19.4 Å². The average molecular weight is 499 g/mol. The Balaban J connectivity index is 1.52. The van der Waals surface area contributed by atoms with E-state index in [4.69, 9.17) is 0 Å². The number of nitrogens with one attached hydrogen (secondary N) is 1. The first-order chi connectivity index (χ1) is 16.0. The van der Waals surface area contributed by atoms with E-state index in [2.05, 4.69) is 5.32 Å². The Hall–Kier alpha value is -2.63. The summed E-state index contributed by atoms with van der Waals surface area (Å²) >= 11 is 0. The van der Waals surface area contributed by atoms with Crippen molar-refractivity contribution in [2.75, 3.05) is 56.0 Å². The van der Waals surface area contributed by atoms with Gasteiger partial charge in [0.05, 0.1) is 17.0 Å². The summed E-state index contributed by atoms with van der Waals surface area (Å²) in [5, 5.41) is 2.76. The van der Waals surface area contributed by atoms with Crippen LogP contribution < -0.4 is 10.2 Å². The van der Waals surface area contributed by atoms with E-state index in [1.165, 1.54) is 22.5 Å². The summed E-state index contributed by atoms with van der Waals surface area (Å²) < 4.78 is 65.4. The first-order valence-electron chi connectivity index (χ1n) is 11.1. The highest BCUT2D eigenvalue weighted by Gasteiger charge is 2.31. The second kappa shape index (κ2) is 10.7. The number of carbonyl (C=O) groups is 1. The highest BCUT2D eigenvalue weighted by molar-refractivity contribution is 7.89. The Morgan fingerprint density at radius 1 is 1.00 bits per heavy atom.